The lowest BCUT2D eigenvalue weighted by Crippen LogP contribution is -2.49. The Morgan fingerprint density at radius 2 is 2.25 bits per heavy atom. The van der Waals surface area contributed by atoms with Crippen LogP contribution in [0, 0.1) is 12.8 Å². The van der Waals surface area contributed by atoms with Gasteiger partial charge in [-0.1, -0.05) is 43.2 Å². The molecule has 0 aliphatic carbocycles. The lowest BCUT2D eigenvalue weighted by atomic mass is 9.90. The first-order valence-electron chi connectivity index (χ1n) is 7.64. The van der Waals surface area contributed by atoms with Gasteiger partial charge in [0.15, 0.2) is 0 Å². The normalized spacial score (nSPS) is 22.6. The molecular weight excluding hydrogens is 248 g/mol. The van der Waals surface area contributed by atoms with Gasteiger partial charge in [-0.05, 0) is 37.8 Å². The topological polar surface area (TPSA) is 32.3 Å². The number of nitrogens with one attached hydrogen (secondary N) is 1. The van der Waals surface area contributed by atoms with E-state index in [9.17, 15) is 4.79 Å². The summed E-state index contributed by atoms with van der Waals surface area (Å²) in [7, 11) is 1.90. The molecule has 0 radical (unpaired) electrons. The van der Waals surface area contributed by atoms with Gasteiger partial charge in [-0.25, -0.2) is 0 Å². The summed E-state index contributed by atoms with van der Waals surface area (Å²) < 4.78 is 0. The Hall–Kier alpha value is -1.35. The van der Waals surface area contributed by atoms with Crippen molar-refractivity contribution in [1.29, 1.82) is 0 Å². The zero-order chi connectivity index (χ0) is 14.5. The Bertz CT molecular complexity index is 458. The molecule has 1 aromatic rings. The molecule has 0 aromatic heterocycles. The predicted octanol–water partition coefficient (Wildman–Crippen LogP) is 2.73. The van der Waals surface area contributed by atoms with Crippen molar-refractivity contribution in [1.82, 2.24) is 10.2 Å². The number of carbonyl (C=O) groups excluding carboxylic acids is 1. The second-order valence-electron chi connectivity index (χ2n) is 5.99. The zero-order valence-electron chi connectivity index (χ0n) is 12.9. The van der Waals surface area contributed by atoms with Crippen molar-refractivity contribution in [3.05, 3.63) is 35.4 Å². The summed E-state index contributed by atoms with van der Waals surface area (Å²) in [5, 5.41) is 3.37. The minimum absolute atomic E-state index is 0.00325. The zero-order valence-corrected chi connectivity index (χ0v) is 12.9. The highest BCUT2D eigenvalue weighted by Gasteiger charge is 2.27. The molecule has 20 heavy (non-hydrogen) atoms. The number of hydrogen-bond donors (Lipinski definition) is 1. The van der Waals surface area contributed by atoms with Crippen molar-refractivity contribution in [3.63, 3.8) is 0 Å². The highest BCUT2D eigenvalue weighted by Crippen LogP contribution is 2.20. The molecule has 1 N–H and O–H groups in total. The number of nitrogens with zero attached hydrogens (tertiary/aromatic N) is 1. The third-order valence-corrected chi connectivity index (χ3v) is 4.27. The van der Waals surface area contributed by atoms with Crippen molar-refractivity contribution in [2.45, 2.75) is 45.7 Å². The Labute approximate surface area is 122 Å². The summed E-state index contributed by atoms with van der Waals surface area (Å²) >= 11 is 0. The third kappa shape index (κ3) is 3.83. The summed E-state index contributed by atoms with van der Waals surface area (Å²) in [6.07, 6.45) is 3.35. The summed E-state index contributed by atoms with van der Waals surface area (Å²) in [6, 6.07) is 8.37. The van der Waals surface area contributed by atoms with Gasteiger partial charge in [-0.3, -0.25) is 4.79 Å². The minimum Gasteiger partial charge on any atom is -0.340 e. The van der Waals surface area contributed by atoms with Gasteiger partial charge in [0, 0.05) is 13.6 Å². The van der Waals surface area contributed by atoms with Crippen LogP contribution < -0.4 is 5.32 Å². The summed E-state index contributed by atoms with van der Waals surface area (Å²) in [5.41, 5.74) is 2.44. The van der Waals surface area contributed by atoms with E-state index in [0.29, 0.717) is 12.5 Å². The van der Waals surface area contributed by atoms with Crippen molar-refractivity contribution >= 4 is 5.91 Å². The molecule has 0 bridgehead atoms. The first-order chi connectivity index (χ1) is 9.60. The fraction of sp³-hybridized carbons (Fsp3) is 0.588. The van der Waals surface area contributed by atoms with Crippen molar-refractivity contribution < 1.29 is 4.79 Å². The van der Waals surface area contributed by atoms with Crippen molar-refractivity contribution in [2.24, 2.45) is 5.92 Å². The Kier molecular flexibility index (Phi) is 5.18. The van der Waals surface area contributed by atoms with Gasteiger partial charge < -0.3 is 10.2 Å². The quantitative estimate of drug-likeness (QED) is 0.915. The van der Waals surface area contributed by atoms with E-state index in [-0.39, 0.29) is 11.9 Å². The highest BCUT2D eigenvalue weighted by atomic mass is 16.2. The molecule has 3 heteroatoms. The Morgan fingerprint density at radius 3 is 2.95 bits per heavy atom. The predicted molar refractivity (Wildman–Crippen MR) is 82.5 cm³/mol. The van der Waals surface area contributed by atoms with E-state index in [1.165, 1.54) is 24.0 Å². The van der Waals surface area contributed by atoms with E-state index >= 15 is 0 Å². The number of likely N-dealkylation sites (N-methyl/N-ethyl adjacent to an activating group) is 1. The van der Waals surface area contributed by atoms with Gasteiger partial charge in [0.25, 0.3) is 0 Å². The Morgan fingerprint density at radius 1 is 1.45 bits per heavy atom. The van der Waals surface area contributed by atoms with Gasteiger partial charge in [0.05, 0.1) is 6.04 Å². The van der Waals surface area contributed by atoms with E-state index in [1.54, 1.807) is 0 Å². The molecule has 1 aromatic carbocycles. The maximum atomic E-state index is 12.5. The number of carbonyl (C=O) groups is 1. The Balaban J connectivity index is 1.94. The van der Waals surface area contributed by atoms with E-state index in [4.69, 9.17) is 0 Å². The highest BCUT2D eigenvalue weighted by molar-refractivity contribution is 5.81. The largest absolute Gasteiger partial charge is 0.340 e. The third-order valence-electron chi connectivity index (χ3n) is 4.27. The van der Waals surface area contributed by atoms with E-state index < -0.39 is 0 Å². The maximum Gasteiger partial charge on any atom is 0.239 e. The number of piperidine rings is 1. The fourth-order valence-corrected chi connectivity index (χ4v) is 2.98. The lowest BCUT2D eigenvalue weighted by Gasteiger charge is -2.31. The van der Waals surface area contributed by atoms with Crippen molar-refractivity contribution in [2.75, 3.05) is 13.6 Å². The number of aryl methyl sites for hydroxylation is 1. The fourth-order valence-electron chi connectivity index (χ4n) is 2.98. The van der Waals surface area contributed by atoms with Crippen LogP contribution in [-0.2, 0) is 11.3 Å². The van der Waals surface area contributed by atoms with Crippen LogP contribution in [0.5, 0.6) is 0 Å². The average Bonchev–Trinajstić information content (AvgIpc) is 2.46. The smallest absolute Gasteiger partial charge is 0.239 e. The van der Waals surface area contributed by atoms with E-state index in [0.717, 1.165) is 13.0 Å². The standard InChI is InChI=1S/C17H26N2O/c1-4-14-8-9-18-16(11-14)17(20)19(3)12-15-7-5-6-13(2)10-15/h5-7,10,14,16,18H,4,8-9,11-12H2,1-3H3. The number of benzene rings is 1. The molecule has 1 fully saturated rings. The molecule has 2 unspecified atom stereocenters. The minimum atomic E-state index is 0.00325. The summed E-state index contributed by atoms with van der Waals surface area (Å²) in [5.74, 6) is 0.919. The number of hydrogen-bond acceptors (Lipinski definition) is 2. The van der Waals surface area contributed by atoms with E-state index in [1.807, 2.05) is 11.9 Å². The second kappa shape index (κ2) is 6.89. The van der Waals surface area contributed by atoms with Gasteiger partial charge in [-0.15, -0.1) is 0 Å². The first kappa shape index (κ1) is 15.0. The molecule has 2 atom stereocenters. The van der Waals surface area contributed by atoms with Gasteiger partial charge in [0.1, 0.15) is 0 Å². The van der Waals surface area contributed by atoms with Gasteiger partial charge in [0.2, 0.25) is 5.91 Å². The molecule has 0 spiro atoms. The van der Waals surface area contributed by atoms with Crippen LogP contribution in [0.3, 0.4) is 0 Å². The molecule has 2 rings (SSSR count). The first-order valence-corrected chi connectivity index (χ1v) is 7.64. The summed E-state index contributed by atoms with van der Waals surface area (Å²) in [4.78, 5) is 14.4. The molecule has 3 nitrogen and oxygen atoms in total. The van der Waals surface area contributed by atoms with Crippen LogP contribution in [0.1, 0.15) is 37.3 Å². The van der Waals surface area contributed by atoms with Crippen LogP contribution in [-0.4, -0.2) is 30.4 Å². The summed E-state index contributed by atoms with van der Waals surface area (Å²) in [6.45, 7) is 5.95. The number of amides is 1. The molecule has 1 aliphatic heterocycles. The molecular formula is C17H26N2O. The maximum absolute atomic E-state index is 12.5. The molecule has 110 valence electrons. The van der Waals surface area contributed by atoms with Gasteiger partial charge in [-0.2, -0.15) is 0 Å². The molecule has 0 saturated carbocycles. The van der Waals surface area contributed by atoms with Crippen molar-refractivity contribution in [3.8, 4) is 0 Å². The van der Waals surface area contributed by atoms with Crippen LogP contribution in [0.25, 0.3) is 0 Å². The molecule has 1 aliphatic rings. The van der Waals surface area contributed by atoms with Gasteiger partial charge >= 0.3 is 0 Å². The molecule has 1 saturated heterocycles. The average molecular weight is 274 g/mol. The molecule has 1 heterocycles. The second-order valence-corrected chi connectivity index (χ2v) is 5.99. The monoisotopic (exact) mass is 274 g/mol. The SMILES string of the molecule is CCC1CCNC(C(=O)N(C)Cc2cccc(C)c2)C1. The van der Waals surface area contributed by atoms with Crippen LogP contribution in [0.4, 0.5) is 0 Å². The molecule has 1 amide bonds. The lowest BCUT2D eigenvalue weighted by molar-refractivity contribution is -0.133. The number of rotatable bonds is 4. The van der Waals surface area contributed by atoms with Crippen LogP contribution >= 0.6 is 0 Å². The van der Waals surface area contributed by atoms with E-state index in [2.05, 4.69) is 43.4 Å². The van der Waals surface area contributed by atoms with Crippen LogP contribution in [0.15, 0.2) is 24.3 Å². The van der Waals surface area contributed by atoms with Crippen LogP contribution in [0.2, 0.25) is 0 Å².